The molecule has 0 saturated carbocycles. The van der Waals surface area contributed by atoms with Gasteiger partial charge in [0.15, 0.2) is 28.9 Å². The number of ether oxygens (including phenoxy) is 2. The van der Waals surface area contributed by atoms with Crippen molar-refractivity contribution in [3.63, 3.8) is 0 Å². The molecule has 3 aromatic rings. The number of nitrogens with zero attached hydrogens (tertiary/aromatic N) is 2. The van der Waals surface area contributed by atoms with E-state index in [1.807, 2.05) is 73.9 Å². The molecule has 0 unspecified atom stereocenters. The fourth-order valence-electron chi connectivity index (χ4n) is 3.39. The second kappa shape index (κ2) is 9.70. The zero-order valence-corrected chi connectivity index (χ0v) is 18.9. The first-order chi connectivity index (χ1) is 15.5. The molecular weight excluding hydrogens is 422 g/mol. The van der Waals surface area contributed by atoms with Gasteiger partial charge in [0.05, 0.1) is 0 Å². The Morgan fingerprint density at radius 2 is 1.69 bits per heavy atom. The molecule has 0 radical (unpaired) electrons. The monoisotopic (exact) mass is 447 g/mol. The van der Waals surface area contributed by atoms with Crippen LogP contribution >= 0.6 is 12.2 Å². The standard InChI is InChI=1S/C25H25N3O3S/c1-27(2)20-10-12-28(13-11-20)23(25(32)26-17-18-6-4-3-5-7-18)24(29)19-8-9-21-22(16-19)31-15-14-30-21/h3-13,16H,14-15,17H2,1-2H3,(H-,26,29,32). The molecule has 32 heavy (non-hydrogen) atoms. The third-order valence-electron chi connectivity index (χ3n) is 5.12. The summed E-state index contributed by atoms with van der Waals surface area (Å²) < 4.78 is 13.0. The van der Waals surface area contributed by atoms with Gasteiger partial charge in [-0.05, 0) is 29.0 Å². The third kappa shape index (κ3) is 4.84. The molecule has 0 bridgehead atoms. The lowest BCUT2D eigenvalue weighted by Crippen LogP contribution is -2.42. The van der Waals surface area contributed by atoms with Crippen molar-refractivity contribution in [2.24, 2.45) is 0 Å². The van der Waals surface area contributed by atoms with Crippen LogP contribution in [0.3, 0.4) is 0 Å². The Morgan fingerprint density at radius 3 is 2.38 bits per heavy atom. The zero-order valence-electron chi connectivity index (χ0n) is 18.1. The number of nitrogens with one attached hydrogen (secondary N) is 1. The summed E-state index contributed by atoms with van der Waals surface area (Å²) in [6.07, 6.45) is 3.69. The van der Waals surface area contributed by atoms with Crippen LogP contribution in [0.15, 0.2) is 73.1 Å². The Hall–Kier alpha value is -3.58. The molecule has 6 nitrogen and oxygen atoms in total. The van der Waals surface area contributed by atoms with Gasteiger partial charge in [0.25, 0.3) is 0 Å². The zero-order chi connectivity index (χ0) is 22.5. The second-order valence-electron chi connectivity index (χ2n) is 7.56. The van der Waals surface area contributed by atoms with E-state index in [4.69, 9.17) is 21.7 Å². The normalized spacial score (nSPS) is 13.2. The topological polar surface area (TPSA) is 60.7 Å². The summed E-state index contributed by atoms with van der Waals surface area (Å²) in [4.78, 5) is 2.37. The van der Waals surface area contributed by atoms with Crippen molar-refractivity contribution in [1.82, 2.24) is 5.32 Å². The number of hydrogen-bond acceptors (Lipinski definition) is 5. The van der Waals surface area contributed by atoms with Crippen LogP contribution in [0.1, 0.15) is 11.1 Å². The largest absolute Gasteiger partial charge is 0.867 e. The molecule has 2 aromatic carbocycles. The summed E-state index contributed by atoms with van der Waals surface area (Å²) in [5, 5.41) is 16.8. The Kier molecular flexibility index (Phi) is 6.56. The fraction of sp³-hybridized carbons (Fsp3) is 0.200. The summed E-state index contributed by atoms with van der Waals surface area (Å²) in [5.41, 5.74) is 2.96. The minimum absolute atomic E-state index is 0.199. The Labute approximate surface area is 193 Å². The van der Waals surface area contributed by atoms with E-state index in [-0.39, 0.29) is 5.76 Å². The van der Waals surface area contributed by atoms with E-state index in [2.05, 4.69) is 5.32 Å². The quantitative estimate of drug-likeness (QED) is 0.271. The molecule has 1 N–H and O–H groups in total. The van der Waals surface area contributed by atoms with E-state index in [9.17, 15) is 5.11 Å². The van der Waals surface area contributed by atoms with Gasteiger partial charge in [-0.15, -0.1) is 0 Å². The molecule has 0 atom stereocenters. The summed E-state index contributed by atoms with van der Waals surface area (Å²) in [6.45, 7) is 1.48. The number of hydrogen-bond donors (Lipinski definition) is 1. The minimum Gasteiger partial charge on any atom is -0.867 e. The molecule has 7 heteroatoms. The predicted molar refractivity (Wildman–Crippen MR) is 127 cm³/mol. The highest BCUT2D eigenvalue weighted by molar-refractivity contribution is 7.81. The van der Waals surface area contributed by atoms with E-state index >= 15 is 0 Å². The number of fused-ring (bicyclic) bond motifs is 1. The predicted octanol–water partition coefficient (Wildman–Crippen LogP) is 2.61. The summed E-state index contributed by atoms with van der Waals surface area (Å²) in [5.74, 6) is 1.01. The first kappa shape index (κ1) is 21.6. The Balaban J connectivity index is 1.71. The highest BCUT2D eigenvalue weighted by Gasteiger charge is 2.20. The van der Waals surface area contributed by atoms with Crippen LogP contribution in [0.5, 0.6) is 11.5 Å². The van der Waals surface area contributed by atoms with Crippen LogP contribution in [-0.4, -0.2) is 32.3 Å². The van der Waals surface area contributed by atoms with E-state index < -0.39 is 0 Å². The average Bonchev–Trinajstić information content (AvgIpc) is 2.83. The minimum atomic E-state index is -0.199. The number of rotatable bonds is 6. The first-order valence-corrected chi connectivity index (χ1v) is 10.8. The highest BCUT2D eigenvalue weighted by atomic mass is 32.1. The summed E-state index contributed by atoms with van der Waals surface area (Å²) in [6, 6.07) is 19.0. The molecule has 164 valence electrons. The van der Waals surface area contributed by atoms with Gasteiger partial charge < -0.3 is 24.8 Å². The Bertz CT molecular complexity index is 1130. The van der Waals surface area contributed by atoms with Crippen LogP contribution in [-0.2, 0) is 6.54 Å². The van der Waals surface area contributed by atoms with Crippen LogP contribution in [0.4, 0.5) is 5.69 Å². The molecule has 1 aromatic heterocycles. The summed E-state index contributed by atoms with van der Waals surface area (Å²) in [7, 11) is 3.94. The smallest absolute Gasteiger partial charge is 0.237 e. The molecular formula is C25H25N3O3S. The van der Waals surface area contributed by atoms with Crippen LogP contribution in [0.25, 0.3) is 11.5 Å². The molecule has 0 amide bonds. The first-order valence-electron chi connectivity index (χ1n) is 10.4. The molecule has 1 aliphatic heterocycles. The van der Waals surface area contributed by atoms with Crippen molar-refractivity contribution >= 4 is 34.3 Å². The number of anilines is 1. The summed E-state index contributed by atoms with van der Waals surface area (Å²) >= 11 is 5.68. The lowest BCUT2D eigenvalue weighted by molar-refractivity contribution is -0.577. The van der Waals surface area contributed by atoms with Crippen LogP contribution < -0.4 is 29.4 Å². The number of benzene rings is 2. The number of aromatic nitrogens is 1. The number of thiocarbonyl (C=S) groups is 1. The van der Waals surface area contributed by atoms with Gasteiger partial charge in [0.1, 0.15) is 13.2 Å². The molecule has 1 aliphatic rings. The highest BCUT2D eigenvalue weighted by Crippen LogP contribution is 2.32. The SMILES string of the molecule is CN(C)c1cc[n+](C(C(=S)NCc2ccccc2)=C([O-])c2ccc3c(c2)OCCO3)cc1. The van der Waals surface area contributed by atoms with Crippen molar-refractivity contribution in [2.75, 3.05) is 32.2 Å². The van der Waals surface area contributed by atoms with E-state index in [1.165, 1.54) is 0 Å². The van der Waals surface area contributed by atoms with Crippen molar-refractivity contribution < 1.29 is 19.1 Å². The van der Waals surface area contributed by atoms with Crippen molar-refractivity contribution in [1.29, 1.82) is 0 Å². The molecule has 2 heterocycles. The van der Waals surface area contributed by atoms with Gasteiger partial charge in [0, 0.05) is 38.5 Å². The van der Waals surface area contributed by atoms with Gasteiger partial charge in [0.2, 0.25) is 5.70 Å². The molecule has 0 fully saturated rings. The molecule has 4 rings (SSSR count). The van der Waals surface area contributed by atoms with Crippen molar-refractivity contribution in [2.45, 2.75) is 6.54 Å². The number of pyridine rings is 1. The fourth-order valence-corrected chi connectivity index (χ4v) is 3.66. The molecule has 0 spiro atoms. The Morgan fingerprint density at radius 1 is 1.00 bits per heavy atom. The van der Waals surface area contributed by atoms with Gasteiger partial charge in [-0.3, -0.25) is 0 Å². The van der Waals surface area contributed by atoms with Gasteiger partial charge >= 0.3 is 0 Å². The third-order valence-corrected chi connectivity index (χ3v) is 5.45. The maximum atomic E-state index is 13.6. The van der Waals surface area contributed by atoms with E-state index in [0.29, 0.717) is 47.5 Å². The average molecular weight is 448 g/mol. The van der Waals surface area contributed by atoms with E-state index in [1.54, 1.807) is 22.8 Å². The molecule has 0 saturated heterocycles. The molecule has 0 aliphatic carbocycles. The van der Waals surface area contributed by atoms with Gasteiger partial charge in [-0.1, -0.05) is 48.6 Å². The second-order valence-corrected chi connectivity index (χ2v) is 7.97. The van der Waals surface area contributed by atoms with Crippen LogP contribution in [0, 0.1) is 0 Å². The van der Waals surface area contributed by atoms with E-state index in [0.717, 1.165) is 11.3 Å². The lowest BCUT2D eigenvalue weighted by Gasteiger charge is -2.21. The van der Waals surface area contributed by atoms with Gasteiger partial charge in [-0.25, -0.2) is 0 Å². The maximum absolute atomic E-state index is 13.6. The van der Waals surface area contributed by atoms with Crippen molar-refractivity contribution in [3.05, 3.63) is 84.2 Å². The van der Waals surface area contributed by atoms with Gasteiger partial charge in [-0.2, -0.15) is 4.57 Å². The van der Waals surface area contributed by atoms with Crippen LogP contribution in [0.2, 0.25) is 0 Å². The lowest BCUT2D eigenvalue weighted by atomic mass is 10.1. The maximum Gasteiger partial charge on any atom is 0.237 e. The van der Waals surface area contributed by atoms with Crippen molar-refractivity contribution in [3.8, 4) is 11.5 Å².